The van der Waals surface area contributed by atoms with E-state index in [1.54, 1.807) is 41.3 Å². The molecule has 1 amide bonds. The molecule has 3 rings (SSSR count). The van der Waals surface area contributed by atoms with Crippen molar-refractivity contribution in [2.24, 2.45) is 0 Å². The Morgan fingerprint density at radius 3 is 2.46 bits per heavy atom. The third kappa shape index (κ3) is 4.19. The Morgan fingerprint density at radius 1 is 1.14 bits per heavy atom. The van der Waals surface area contributed by atoms with E-state index in [1.807, 2.05) is 6.07 Å². The third-order valence-electron chi connectivity index (χ3n) is 4.63. The molecule has 0 saturated heterocycles. The van der Waals surface area contributed by atoms with Gasteiger partial charge in [0.25, 0.3) is 5.91 Å². The Morgan fingerprint density at radius 2 is 1.86 bits per heavy atom. The van der Waals surface area contributed by atoms with Crippen molar-refractivity contribution in [2.45, 2.75) is 13.8 Å². The lowest BCUT2D eigenvalue weighted by atomic mass is 10.1. The van der Waals surface area contributed by atoms with E-state index in [9.17, 15) is 9.18 Å². The van der Waals surface area contributed by atoms with Crippen LogP contribution in [0.2, 0.25) is 0 Å². The SMILES string of the molecule is CCN(CC)CCN(C(=O)c1ccc(C#N)cc1)c1nc2c(F)cccc2s1. The number of carbonyl (C=O) groups is 1. The standard InChI is InChI=1S/C21H21FN4OS/c1-3-25(4-2)12-13-26(20(27)16-10-8-15(14-23)9-11-16)21-24-19-17(22)6-5-7-18(19)28-21/h5-11H,3-4,12-13H2,1-2H3. The van der Waals surface area contributed by atoms with Crippen molar-refractivity contribution in [2.75, 3.05) is 31.1 Å². The largest absolute Gasteiger partial charge is 0.302 e. The van der Waals surface area contributed by atoms with Crippen molar-refractivity contribution in [3.63, 3.8) is 0 Å². The Balaban J connectivity index is 1.96. The van der Waals surface area contributed by atoms with Crippen molar-refractivity contribution >= 4 is 32.6 Å². The van der Waals surface area contributed by atoms with Gasteiger partial charge in [0.05, 0.1) is 16.3 Å². The monoisotopic (exact) mass is 396 g/mol. The fourth-order valence-corrected chi connectivity index (χ4v) is 3.93. The van der Waals surface area contributed by atoms with Gasteiger partial charge in [-0.15, -0.1) is 0 Å². The highest BCUT2D eigenvalue weighted by Crippen LogP contribution is 2.31. The summed E-state index contributed by atoms with van der Waals surface area (Å²) < 4.78 is 14.8. The molecule has 0 spiro atoms. The number of nitrogens with zero attached hydrogens (tertiary/aromatic N) is 4. The molecule has 0 N–H and O–H groups in total. The molecule has 0 aliphatic rings. The number of nitriles is 1. The van der Waals surface area contributed by atoms with Crippen molar-refractivity contribution in [1.29, 1.82) is 5.26 Å². The predicted octanol–water partition coefficient (Wildman–Crippen LogP) is 4.30. The summed E-state index contributed by atoms with van der Waals surface area (Å²) >= 11 is 1.30. The van der Waals surface area contributed by atoms with E-state index in [-0.39, 0.29) is 11.4 Å². The minimum absolute atomic E-state index is 0.212. The van der Waals surface area contributed by atoms with E-state index in [2.05, 4.69) is 23.7 Å². The maximum absolute atomic E-state index is 14.1. The first-order chi connectivity index (χ1) is 13.6. The molecule has 1 heterocycles. The highest BCUT2D eigenvalue weighted by molar-refractivity contribution is 7.22. The topological polar surface area (TPSA) is 60.2 Å². The minimum atomic E-state index is -0.394. The maximum atomic E-state index is 14.1. The first kappa shape index (κ1) is 19.9. The van der Waals surface area contributed by atoms with Gasteiger partial charge in [-0.3, -0.25) is 9.69 Å². The first-order valence-corrected chi connectivity index (χ1v) is 9.98. The van der Waals surface area contributed by atoms with Crippen LogP contribution in [0, 0.1) is 17.1 Å². The second-order valence-corrected chi connectivity index (χ2v) is 7.26. The smallest absolute Gasteiger partial charge is 0.260 e. The number of anilines is 1. The highest BCUT2D eigenvalue weighted by atomic mass is 32.1. The van der Waals surface area contributed by atoms with Gasteiger partial charge in [0.1, 0.15) is 11.3 Å². The second kappa shape index (κ2) is 8.91. The van der Waals surface area contributed by atoms with Gasteiger partial charge in [-0.2, -0.15) is 5.26 Å². The van der Waals surface area contributed by atoms with Crippen LogP contribution < -0.4 is 4.90 Å². The average molecular weight is 396 g/mol. The average Bonchev–Trinajstić information content (AvgIpc) is 3.16. The number of rotatable bonds is 7. The van der Waals surface area contributed by atoms with Gasteiger partial charge in [-0.05, 0) is 49.5 Å². The fraction of sp³-hybridized carbons (Fsp3) is 0.286. The number of benzene rings is 2. The van der Waals surface area contributed by atoms with Gasteiger partial charge in [0.2, 0.25) is 0 Å². The van der Waals surface area contributed by atoms with Crippen LogP contribution in [-0.4, -0.2) is 42.0 Å². The summed E-state index contributed by atoms with van der Waals surface area (Å²) in [5.74, 6) is -0.606. The second-order valence-electron chi connectivity index (χ2n) is 6.26. The number of para-hydroxylation sites is 1. The van der Waals surface area contributed by atoms with Gasteiger partial charge in [-0.1, -0.05) is 31.3 Å². The quantitative estimate of drug-likeness (QED) is 0.598. The van der Waals surface area contributed by atoms with Crippen LogP contribution >= 0.6 is 11.3 Å². The van der Waals surface area contributed by atoms with Crippen LogP contribution in [-0.2, 0) is 0 Å². The van der Waals surface area contributed by atoms with Gasteiger partial charge >= 0.3 is 0 Å². The molecule has 1 aromatic heterocycles. The number of aromatic nitrogens is 1. The van der Waals surface area contributed by atoms with Crippen LogP contribution in [0.1, 0.15) is 29.8 Å². The lowest BCUT2D eigenvalue weighted by Gasteiger charge is -2.24. The summed E-state index contributed by atoms with van der Waals surface area (Å²) in [5, 5.41) is 9.44. The zero-order valence-corrected chi connectivity index (χ0v) is 16.7. The van der Waals surface area contributed by atoms with Crippen molar-refractivity contribution in [3.8, 4) is 6.07 Å². The number of amides is 1. The van der Waals surface area contributed by atoms with Gasteiger partial charge < -0.3 is 4.90 Å². The molecule has 7 heteroatoms. The minimum Gasteiger partial charge on any atom is -0.302 e. The molecule has 0 bridgehead atoms. The fourth-order valence-electron chi connectivity index (χ4n) is 2.93. The number of halogens is 1. The highest BCUT2D eigenvalue weighted by Gasteiger charge is 2.22. The lowest BCUT2D eigenvalue weighted by Crippen LogP contribution is -2.38. The molecule has 28 heavy (non-hydrogen) atoms. The molecular weight excluding hydrogens is 375 g/mol. The van der Waals surface area contributed by atoms with Crippen LogP contribution in [0.25, 0.3) is 10.2 Å². The maximum Gasteiger partial charge on any atom is 0.260 e. The zero-order chi connectivity index (χ0) is 20.1. The van der Waals surface area contributed by atoms with Gasteiger partial charge in [0.15, 0.2) is 5.13 Å². The number of carbonyl (C=O) groups excluding carboxylic acids is 1. The van der Waals surface area contributed by atoms with Gasteiger partial charge in [-0.25, -0.2) is 9.37 Å². The zero-order valence-electron chi connectivity index (χ0n) is 15.9. The lowest BCUT2D eigenvalue weighted by molar-refractivity contribution is 0.0984. The number of likely N-dealkylation sites (N-methyl/N-ethyl adjacent to an activating group) is 1. The van der Waals surface area contributed by atoms with Crippen LogP contribution in [0.5, 0.6) is 0 Å². The summed E-state index contributed by atoms with van der Waals surface area (Å²) in [5.41, 5.74) is 1.24. The summed E-state index contributed by atoms with van der Waals surface area (Å²) in [7, 11) is 0. The van der Waals surface area contributed by atoms with Crippen molar-refractivity contribution < 1.29 is 9.18 Å². The molecule has 144 valence electrons. The third-order valence-corrected chi connectivity index (χ3v) is 5.67. The molecule has 2 aromatic carbocycles. The molecule has 0 unspecified atom stereocenters. The number of hydrogen-bond acceptors (Lipinski definition) is 5. The Labute approximate surface area is 167 Å². The van der Waals surface area contributed by atoms with Crippen LogP contribution in [0.4, 0.5) is 9.52 Å². The van der Waals surface area contributed by atoms with E-state index in [1.165, 1.54) is 17.4 Å². The summed E-state index contributed by atoms with van der Waals surface area (Å²) in [6, 6.07) is 13.4. The van der Waals surface area contributed by atoms with E-state index in [0.717, 1.165) is 13.1 Å². The normalized spacial score (nSPS) is 11.0. The summed E-state index contributed by atoms with van der Waals surface area (Å²) in [6.45, 7) is 7.04. The molecule has 3 aromatic rings. The molecule has 5 nitrogen and oxygen atoms in total. The molecule has 0 aliphatic carbocycles. The van der Waals surface area contributed by atoms with Crippen molar-refractivity contribution in [1.82, 2.24) is 9.88 Å². The Bertz CT molecular complexity index is 1010. The number of fused-ring (bicyclic) bond motifs is 1. The molecule has 0 fully saturated rings. The van der Waals surface area contributed by atoms with E-state index >= 15 is 0 Å². The van der Waals surface area contributed by atoms with Crippen LogP contribution in [0.15, 0.2) is 42.5 Å². The molecular formula is C21H21FN4OS. The van der Waals surface area contributed by atoms with Gasteiger partial charge in [0, 0.05) is 18.7 Å². The summed E-state index contributed by atoms with van der Waals surface area (Å²) in [6.07, 6.45) is 0. The molecule has 0 aliphatic heterocycles. The molecule has 0 saturated carbocycles. The van der Waals surface area contributed by atoms with Crippen LogP contribution in [0.3, 0.4) is 0 Å². The first-order valence-electron chi connectivity index (χ1n) is 9.16. The Kier molecular flexibility index (Phi) is 6.34. The van der Waals surface area contributed by atoms with E-state index in [0.29, 0.717) is 34.0 Å². The molecule has 0 atom stereocenters. The number of hydrogen-bond donors (Lipinski definition) is 0. The summed E-state index contributed by atoms with van der Waals surface area (Å²) in [4.78, 5) is 21.4. The predicted molar refractivity (Wildman–Crippen MR) is 110 cm³/mol. The molecule has 0 radical (unpaired) electrons. The van der Waals surface area contributed by atoms with E-state index in [4.69, 9.17) is 5.26 Å². The van der Waals surface area contributed by atoms with E-state index < -0.39 is 5.82 Å². The van der Waals surface area contributed by atoms with Crippen molar-refractivity contribution in [3.05, 3.63) is 59.4 Å². The Hall–Kier alpha value is -2.82. The number of thiazole rings is 1.